The summed E-state index contributed by atoms with van der Waals surface area (Å²) in [6, 6.07) is 18.9. The smallest absolute Gasteiger partial charge is 0.306 e. The Morgan fingerprint density at radius 3 is 1.33 bits per heavy atom. The van der Waals surface area contributed by atoms with Crippen LogP contribution in [0, 0.1) is 0 Å². The number of aliphatic carboxylic acids is 1. The van der Waals surface area contributed by atoms with Crippen molar-refractivity contribution >= 4 is 45.5 Å². The normalized spacial score (nSPS) is 25.3. The average molecular weight is 1090 g/mol. The lowest BCUT2D eigenvalue weighted by Crippen LogP contribution is -2.57. The highest BCUT2D eigenvalue weighted by molar-refractivity contribution is 6.01. The van der Waals surface area contributed by atoms with Crippen molar-refractivity contribution in [3.63, 3.8) is 0 Å². The van der Waals surface area contributed by atoms with Crippen LogP contribution in [0.1, 0.15) is 248 Å². The molecule has 2 aliphatic carbocycles. The van der Waals surface area contributed by atoms with Crippen molar-refractivity contribution in [1.82, 2.24) is 28.9 Å². The summed E-state index contributed by atoms with van der Waals surface area (Å²) in [4.78, 5) is 84.3. The van der Waals surface area contributed by atoms with E-state index in [1.54, 1.807) is 6.92 Å². The molecule has 2 aromatic carbocycles. The fourth-order valence-corrected chi connectivity index (χ4v) is 15.1. The van der Waals surface area contributed by atoms with Crippen LogP contribution in [-0.2, 0) is 19.2 Å². The van der Waals surface area contributed by atoms with E-state index < -0.39 is 11.9 Å². The minimum atomic E-state index is -0.944. The molecule has 79 heavy (non-hydrogen) atoms. The second-order valence-corrected chi connectivity index (χ2v) is 23.6. The Morgan fingerprint density at radius 2 is 0.911 bits per heavy atom. The SMILES string of the molecule is C.CCOC(=O)CCC(=O)c1nc2ccccc2n(C2C[C@H]3CCC[C@@H](C2)N3C2CCCCCCCCC2)c1=O.CO/N=C(\CCC(=O)O)c1nc2ccccc2n(C2C[C@H]3CCC[C@@H](C2)N3C2CCCCCCCCC2)c1=O. The molecule has 1 N–H and O–H groups in total. The maximum Gasteiger partial charge on any atom is 0.306 e. The highest BCUT2D eigenvalue weighted by atomic mass is 16.6. The molecule has 4 aliphatic heterocycles. The summed E-state index contributed by atoms with van der Waals surface area (Å²) in [6.07, 6.45) is 35.2. The first-order chi connectivity index (χ1) is 38.1. The van der Waals surface area contributed by atoms with Crippen molar-refractivity contribution < 1.29 is 29.1 Å². The number of ketones is 1. The molecule has 6 fully saturated rings. The summed E-state index contributed by atoms with van der Waals surface area (Å²) < 4.78 is 8.82. The van der Waals surface area contributed by atoms with Crippen molar-refractivity contribution in [2.45, 2.75) is 268 Å². The highest BCUT2D eigenvalue weighted by Crippen LogP contribution is 2.44. The maximum absolute atomic E-state index is 14.1. The van der Waals surface area contributed by atoms with Crippen molar-refractivity contribution in [1.29, 1.82) is 0 Å². The van der Waals surface area contributed by atoms with Gasteiger partial charge in [0.2, 0.25) is 0 Å². The number of aromatic nitrogens is 4. The summed E-state index contributed by atoms with van der Waals surface area (Å²) >= 11 is 0. The van der Waals surface area contributed by atoms with Crippen LogP contribution in [0.4, 0.5) is 0 Å². The highest BCUT2D eigenvalue weighted by Gasteiger charge is 2.44. The minimum Gasteiger partial charge on any atom is -0.481 e. The molecular weight excluding hydrogens is 995 g/mol. The van der Waals surface area contributed by atoms with Gasteiger partial charge in [-0.2, -0.15) is 0 Å². The van der Waals surface area contributed by atoms with Crippen molar-refractivity contribution in [2.75, 3.05) is 13.7 Å². The Kier molecular flexibility index (Phi) is 22.3. The standard InChI is InChI=1S/C32H45N3O4.C31H44N4O4.CH4/c1-2-39-30(37)20-19-29(36)31-32(38)35(28-18-11-10-17-27(28)33-31)26-21-24-15-12-16-25(22-26)34(24)23-13-8-6-4-3-5-7-9-14-23;1-39-33-27(18-19-29(36)37)30-31(38)35(28-17-10-9-16-26(28)32-30)25-20-23-14-11-15-24(21-25)34(23)22-12-7-5-3-2-4-6-8-13-22;/h10-11,17-18,23-26H,2-9,12-16,19-22H2,1H3;9-10,16-17,22-25H,2-8,11-15,18-21H2,1H3,(H,36,37);1H4/b;33-27+;/t24-,25+,26?;23-,24+,25?;. The zero-order chi connectivity index (χ0) is 54.4. The van der Waals surface area contributed by atoms with E-state index in [0.717, 1.165) is 42.2 Å². The Labute approximate surface area is 469 Å². The van der Waals surface area contributed by atoms with Crippen LogP contribution >= 0.6 is 0 Å². The fourth-order valence-electron chi connectivity index (χ4n) is 15.1. The summed E-state index contributed by atoms with van der Waals surface area (Å²) in [7, 11) is 1.41. The Bertz CT molecular complexity index is 2760. The lowest BCUT2D eigenvalue weighted by atomic mass is 9.79. The number of fused-ring (bicyclic) bond motifs is 6. The van der Waals surface area contributed by atoms with Gasteiger partial charge in [-0.05, 0) is 108 Å². The van der Waals surface area contributed by atoms with E-state index >= 15 is 0 Å². The van der Waals surface area contributed by atoms with Gasteiger partial charge in [-0.1, -0.05) is 140 Å². The zero-order valence-electron chi connectivity index (χ0n) is 47.0. The maximum atomic E-state index is 14.1. The van der Waals surface area contributed by atoms with Gasteiger partial charge in [0.1, 0.15) is 12.8 Å². The van der Waals surface area contributed by atoms with Crippen molar-refractivity contribution in [3.05, 3.63) is 80.6 Å². The third-order valence-corrected chi connectivity index (χ3v) is 18.5. The monoisotopic (exact) mass is 1090 g/mol. The molecule has 6 aliphatic rings. The summed E-state index contributed by atoms with van der Waals surface area (Å²) in [6.45, 7) is 2.01. The number of para-hydroxylation sites is 4. The molecule has 4 bridgehead atoms. The van der Waals surface area contributed by atoms with Crippen LogP contribution in [0.15, 0.2) is 63.3 Å². The molecule has 0 radical (unpaired) electrons. The summed E-state index contributed by atoms with van der Waals surface area (Å²) in [5.74, 6) is -1.75. The third-order valence-electron chi connectivity index (χ3n) is 18.5. The summed E-state index contributed by atoms with van der Waals surface area (Å²) in [5, 5.41) is 13.3. The van der Waals surface area contributed by atoms with Gasteiger partial charge in [0.15, 0.2) is 17.2 Å². The van der Waals surface area contributed by atoms with E-state index in [1.165, 1.54) is 161 Å². The predicted octanol–water partition coefficient (Wildman–Crippen LogP) is 13.1. The number of hydrogen-bond donors (Lipinski definition) is 1. The van der Waals surface area contributed by atoms with Crippen LogP contribution < -0.4 is 11.1 Å². The molecule has 2 aromatic heterocycles. The number of carbonyl (C=O) groups excluding carboxylic acids is 2. The van der Waals surface area contributed by atoms with E-state index in [-0.39, 0.29) is 80.1 Å². The third kappa shape index (κ3) is 14.8. The van der Waals surface area contributed by atoms with Gasteiger partial charge in [-0.15, -0.1) is 0 Å². The van der Waals surface area contributed by atoms with Crippen LogP contribution in [0.3, 0.4) is 0 Å². The van der Waals surface area contributed by atoms with Gasteiger partial charge >= 0.3 is 11.9 Å². The van der Waals surface area contributed by atoms with Gasteiger partial charge in [0.05, 0.1) is 41.5 Å². The first kappa shape index (κ1) is 59.8. The number of benzene rings is 2. The van der Waals surface area contributed by atoms with Crippen LogP contribution in [0.25, 0.3) is 22.1 Å². The minimum absolute atomic E-state index is 0. The number of carboxylic acids is 1. The van der Waals surface area contributed by atoms with Crippen LogP contribution in [0.5, 0.6) is 0 Å². The lowest BCUT2D eigenvalue weighted by Gasteiger charge is -2.53. The number of carboxylic acid groups (broad SMARTS) is 1. The van der Waals surface area contributed by atoms with Gasteiger partial charge < -0.3 is 23.8 Å². The Hall–Kier alpha value is -5.28. The molecule has 6 atom stereocenters. The Balaban J connectivity index is 0.000000205. The molecule has 6 heterocycles. The van der Waals surface area contributed by atoms with Gasteiger partial charge in [0.25, 0.3) is 11.1 Å². The molecule has 4 saturated heterocycles. The first-order valence-corrected chi connectivity index (χ1v) is 30.7. The molecule has 4 aromatic rings. The van der Waals surface area contributed by atoms with E-state index in [4.69, 9.17) is 9.57 Å². The molecule has 2 unspecified atom stereocenters. The summed E-state index contributed by atoms with van der Waals surface area (Å²) in [5.41, 5.74) is 3.00. The molecular formula is C64H93N7O8. The predicted molar refractivity (Wildman–Crippen MR) is 313 cm³/mol. The van der Waals surface area contributed by atoms with Crippen LogP contribution in [0.2, 0.25) is 0 Å². The van der Waals surface area contributed by atoms with Crippen molar-refractivity contribution in [3.8, 4) is 0 Å². The number of hydrogen-bond acceptors (Lipinski definition) is 12. The molecule has 0 spiro atoms. The molecule has 0 amide bonds. The number of esters is 1. The largest absolute Gasteiger partial charge is 0.481 e. The fraction of sp³-hybridized carbons (Fsp3) is 0.688. The number of ether oxygens (including phenoxy) is 1. The van der Waals surface area contributed by atoms with Gasteiger partial charge in [-0.3, -0.25) is 33.8 Å². The number of oxime groups is 1. The van der Waals surface area contributed by atoms with Gasteiger partial charge in [-0.25, -0.2) is 9.97 Å². The molecule has 10 rings (SSSR count). The van der Waals surface area contributed by atoms with E-state index in [9.17, 15) is 29.1 Å². The molecule has 2 saturated carbocycles. The van der Waals surface area contributed by atoms with Gasteiger partial charge in [0, 0.05) is 61.2 Å². The van der Waals surface area contributed by atoms with E-state index in [2.05, 4.69) is 24.9 Å². The average Bonchev–Trinajstić information content (AvgIpc) is 3.64. The number of carbonyl (C=O) groups is 3. The second kappa shape index (κ2) is 29.4. The lowest BCUT2D eigenvalue weighted by molar-refractivity contribution is -0.143. The molecule has 15 nitrogen and oxygen atoms in total. The van der Waals surface area contributed by atoms with Crippen molar-refractivity contribution in [2.24, 2.45) is 5.16 Å². The number of nitrogens with zero attached hydrogens (tertiary/aromatic N) is 7. The van der Waals surface area contributed by atoms with E-state index in [0.29, 0.717) is 47.5 Å². The molecule has 432 valence electrons. The quantitative estimate of drug-likeness (QED) is 0.0547. The van der Waals surface area contributed by atoms with Crippen LogP contribution in [-0.4, -0.2) is 107 Å². The molecule has 15 heteroatoms. The second-order valence-electron chi connectivity index (χ2n) is 23.6. The number of piperidine rings is 4. The first-order valence-electron chi connectivity index (χ1n) is 30.7. The Morgan fingerprint density at radius 1 is 0.519 bits per heavy atom. The zero-order valence-corrected chi connectivity index (χ0v) is 47.0. The topological polar surface area (TPSA) is 179 Å². The number of rotatable bonds is 14. The number of Topliss-reactive ketones (excluding diaryl/α,β-unsaturated/α-hetero) is 1. The van der Waals surface area contributed by atoms with E-state index in [1.807, 2.05) is 57.7 Å².